The van der Waals surface area contributed by atoms with Gasteiger partial charge in [0.15, 0.2) is 11.5 Å². The van der Waals surface area contributed by atoms with Crippen molar-refractivity contribution >= 4 is 0 Å². The number of methoxy groups -OCH3 is 3. The zero-order valence-corrected chi connectivity index (χ0v) is 17.4. The van der Waals surface area contributed by atoms with Crippen molar-refractivity contribution in [1.29, 1.82) is 0 Å². The second kappa shape index (κ2) is 8.17. The van der Waals surface area contributed by atoms with Crippen LogP contribution in [-0.4, -0.2) is 42.3 Å². The van der Waals surface area contributed by atoms with Crippen LogP contribution in [0.15, 0.2) is 42.5 Å². The Hall–Kier alpha value is -2.99. The van der Waals surface area contributed by atoms with E-state index in [1.54, 1.807) is 21.3 Å². The van der Waals surface area contributed by atoms with Gasteiger partial charge in [0, 0.05) is 38.7 Å². The third-order valence-corrected chi connectivity index (χ3v) is 5.50. The number of fused-ring (bicyclic) bond motifs is 1. The lowest BCUT2D eigenvalue weighted by Gasteiger charge is -2.27. The molecule has 0 bridgehead atoms. The highest BCUT2D eigenvalue weighted by atomic mass is 16.5. The van der Waals surface area contributed by atoms with Crippen molar-refractivity contribution in [1.82, 2.24) is 14.5 Å². The van der Waals surface area contributed by atoms with Gasteiger partial charge in [-0.15, -0.1) is 0 Å². The Bertz CT molecular complexity index is 973. The molecule has 0 amide bonds. The van der Waals surface area contributed by atoms with Crippen LogP contribution in [0, 0.1) is 0 Å². The molecule has 0 fully saturated rings. The molecular formula is C23H27N3O3. The van der Waals surface area contributed by atoms with E-state index in [2.05, 4.69) is 40.8 Å². The van der Waals surface area contributed by atoms with Crippen molar-refractivity contribution in [3.63, 3.8) is 0 Å². The molecule has 6 heteroatoms. The summed E-state index contributed by atoms with van der Waals surface area (Å²) in [5.74, 6) is 3.03. The second-order valence-electron chi connectivity index (χ2n) is 7.25. The number of hydrogen-bond donors (Lipinski definition) is 0. The Kier molecular flexibility index (Phi) is 5.45. The van der Waals surface area contributed by atoms with Gasteiger partial charge in [0.2, 0.25) is 5.75 Å². The van der Waals surface area contributed by atoms with Crippen LogP contribution in [0.4, 0.5) is 0 Å². The summed E-state index contributed by atoms with van der Waals surface area (Å²) in [6.07, 6.45) is 0.945. The topological polar surface area (TPSA) is 48.8 Å². The van der Waals surface area contributed by atoms with Gasteiger partial charge in [-0.2, -0.15) is 0 Å². The molecule has 1 aliphatic rings. The summed E-state index contributed by atoms with van der Waals surface area (Å²) in [6.45, 7) is 2.64. The first kappa shape index (κ1) is 19.3. The fourth-order valence-corrected chi connectivity index (χ4v) is 4.01. The van der Waals surface area contributed by atoms with Crippen molar-refractivity contribution in [3.05, 3.63) is 59.4 Å². The van der Waals surface area contributed by atoms with E-state index in [1.807, 2.05) is 18.2 Å². The molecule has 0 atom stereocenters. The fourth-order valence-electron chi connectivity index (χ4n) is 4.01. The Morgan fingerprint density at radius 3 is 2.28 bits per heavy atom. The summed E-state index contributed by atoms with van der Waals surface area (Å²) in [5.41, 5.74) is 4.77. The van der Waals surface area contributed by atoms with E-state index >= 15 is 0 Å². The number of ether oxygens (including phenoxy) is 3. The zero-order chi connectivity index (χ0) is 20.4. The molecule has 1 aliphatic heterocycles. The first-order valence-electron chi connectivity index (χ1n) is 9.75. The zero-order valence-electron chi connectivity index (χ0n) is 17.4. The molecule has 4 rings (SSSR count). The third kappa shape index (κ3) is 3.68. The van der Waals surface area contributed by atoms with Crippen LogP contribution in [0.3, 0.4) is 0 Å². The lowest BCUT2D eigenvalue weighted by Crippen LogP contribution is -2.31. The van der Waals surface area contributed by atoms with Crippen LogP contribution in [0.25, 0.3) is 11.4 Å². The van der Waals surface area contributed by atoms with E-state index in [0.29, 0.717) is 17.2 Å². The molecule has 2 aromatic carbocycles. The summed E-state index contributed by atoms with van der Waals surface area (Å²) >= 11 is 0. The maximum Gasteiger partial charge on any atom is 0.203 e. The molecule has 0 radical (unpaired) electrons. The van der Waals surface area contributed by atoms with Gasteiger partial charge < -0.3 is 18.8 Å². The number of nitrogens with zero attached hydrogens (tertiary/aromatic N) is 3. The fraction of sp³-hybridized carbons (Fsp3) is 0.348. The average Bonchev–Trinajstić information content (AvgIpc) is 3.09. The van der Waals surface area contributed by atoms with E-state index in [4.69, 9.17) is 19.2 Å². The van der Waals surface area contributed by atoms with Gasteiger partial charge >= 0.3 is 0 Å². The van der Waals surface area contributed by atoms with Crippen molar-refractivity contribution < 1.29 is 14.2 Å². The second-order valence-corrected chi connectivity index (χ2v) is 7.25. The Morgan fingerprint density at radius 1 is 0.966 bits per heavy atom. The van der Waals surface area contributed by atoms with Gasteiger partial charge in [-0.05, 0) is 17.7 Å². The lowest BCUT2D eigenvalue weighted by molar-refractivity contribution is 0.237. The van der Waals surface area contributed by atoms with E-state index in [0.717, 1.165) is 43.0 Å². The number of rotatable bonds is 6. The van der Waals surface area contributed by atoms with Crippen molar-refractivity contribution in [2.45, 2.75) is 19.5 Å². The monoisotopic (exact) mass is 393 g/mol. The highest BCUT2D eigenvalue weighted by molar-refractivity contribution is 5.57. The number of hydrogen-bond acceptors (Lipinski definition) is 5. The predicted molar refractivity (Wildman–Crippen MR) is 113 cm³/mol. The largest absolute Gasteiger partial charge is 0.493 e. The number of imidazole rings is 1. The van der Waals surface area contributed by atoms with Gasteiger partial charge in [0.25, 0.3) is 0 Å². The highest BCUT2D eigenvalue weighted by Crippen LogP contribution is 2.38. The van der Waals surface area contributed by atoms with Crippen molar-refractivity contribution in [3.8, 4) is 28.6 Å². The smallest absolute Gasteiger partial charge is 0.203 e. The van der Waals surface area contributed by atoms with Crippen molar-refractivity contribution in [2.24, 2.45) is 7.05 Å². The standard InChI is InChI=1S/C23H27N3O3/c1-25-19-15-26(11-10-18(19)24-23(25)17-8-6-5-7-9-17)14-16-12-20(27-2)22(29-4)21(13-16)28-3/h5-9,12-13H,10-11,14-15H2,1-4H3. The van der Waals surface area contributed by atoms with Gasteiger partial charge in [-0.3, -0.25) is 4.90 Å². The molecule has 3 aromatic rings. The van der Waals surface area contributed by atoms with E-state index in [-0.39, 0.29) is 0 Å². The SMILES string of the molecule is COc1cc(CN2CCc3nc(-c4ccccc4)n(C)c3C2)cc(OC)c1OC. The maximum atomic E-state index is 5.50. The summed E-state index contributed by atoms with van der Waals surface area (Å²) in [5, 5.41) is 0. The molecule has 0 saturated heterocycles. The summed E-state index contributed by atoms with van der Waals surface area (Å²) < 4.78 is 18.7. The maximum absolute atomic E-state index is 5.50. The average molecular weight is 393 g/mol. The molecule has 0 spiro atoms. The van der Waals surface area contributed by atoms with Gasteiger partial charge in [0.1, 0.15) is 5.82 Å². The summed E-state index contributed by atoms with van der Waals surface area (Å²) in [4.78, 5) is 7.35. The molecule has 0 aliphatic carbocycles. The van der Waals surface area contributed by atoms with E-state index in [1.165, 1.54) is 11.4 Å². The predicted octanol–water partition coefficient (Wildman–Crippen LogP) is 3.67. The number of benzene rings is 2. The van der Waals surface area contributed by atoms with E-state index in [9.17, 15) is 0 Å². The Balaban J connectivity index is 1.58. The minimum absolute atomic E-state index is 0.624. The molecule has 152 valence electrons. The Morgan fingerprint density at radius 2 is 1.66 bits per heavy atom. The van der Waals surface area contributed by atoms with Crippen molar-refractivity contribution in [2.75, 3.05) is 27.9 Å². The van der Waals surface area contributed by atoms with Gasteiger partial charge in [-0.1, -0.05) is 30.3 Å². The first-order chi connectivity index (χ1) is 14.1. The van der Waals surface area contributed by atoms with Crippen LogP contribution >= 0.6 is 0 Å². The van der Waals surface area contributed by atoms with Crippen LogP contribution in [-0.2, 0) is 26.6 Å². The molecule has 2 heterocycles. The summed E-state index contributed by atoms with van der Waals surface area (Å²) in [6, 6.07) is 14.4. The molecule has 0 saturated carbocycles. The summed E-state index contributed by atoms with van der Waals surface area (Å²) in [7, 11) is 7.03. The van der Waals surface area contributed by atoms with Crippen LogP contribution in [0.2, 0.25) is 0 Å². The highest BCUT2D eigenvalue weighted by Gasteiger charge is 2.24. The van der Waals surface area contributed by atoms with E-state index < -0.39 is 0 Å². The van der Waals surface area contributed by atoms with Gasteiger partial charge in [-0.25, -0.2) is 4.98 Å². The third-order valence-electron chi connectivity index (χ3n) is 5.50. The molecule has 6 nitrogen and oxygen atoms in total. The molecule has 1 aromatic heterocycles. The molecule has 0 unspecified atom stereocenters. The van der Waals surface area contributed by atoms with Crippen LogP contribution in [0.5, 0.6) is 17.2 Å². The quantitative estimate of drug-likeness (QED) is 0.640. The molecule has 0 N–H and O–H groups in total. The minimum Gasteiger partial charge on any atom is -0.493 e. The lowest BCUT2D eigenvalue weighted by atomic mass is 10.1. The molecule has 29 heavy (non-hydrogen) atoms. The first-order valence-corrected chi connectivity index (χ1v) is 9.75. The number of aromatic nitrogens is 2. The molecular weight excluding hydrogens is 366 g/mol. The van der Waals surface area contributed by atoms with Crippen LogP contribution < -0.4 is 14.2 Å². The van der Waals surface area contributed by atoms with Gasteiger partial charge in [0.05, 0.1) is 32.7 Å². The minimum atomic E-state index is 0.624. The van der Waals surface area contributed by atoms with Crippen LogP contribution in [0.1, 0.15) is 17.0 Å². The Labute approximate surface area is 171 Å². The normalized spacial score (nSPS) is 13.8.